The van der Waals surface area contributed by atoms with Crippen molar-refractivity contribution in [2.24, 2.45) is 5.92 Å². The Labute approximate surface area is 143 Å². The van der Waals surface area contributed by atoms with E-state index in [1.807, 2.05) is 6.07 Å². The number of halogens is 3. The van der Waals surface area contributed by atoms with Crippen LogP contribution in [0.25, 0.3) is 0 Å². The van der Waals surface area contributed by atoms with Crippen LogP contribution in [-0.2, 0) is 0 Å². The summed E-state index contributed by atoms with van der Waals surface area (Å²) in [6, 6.07) is 5.74. The molecule has 5 heteroatoms. The molecule has 0 unspecified atom stereocenters. The molecular weight excluding hydrogens is 322 g/mol. The minimum atomic E-state index is -0.287. The van der Waals surface area contributed by atoms with Gasteiger partial charge < -0.3 is 5.32 Å². The Bertz CT molecular complexity index is 454. The zero-order valence-corrected chi connectivity index (χ0v) is 14.4. The van der Waals surface area contributed by atoms with Gasteiger partial charge in [-0.2, -0.15) is 0 Å². The standard InChI is InChI=1S/C17H24ClFN2.ClH/c18-15-7-6-14(12-16(15)19)17(13-4-2-1-3-5-13)21-10-8-20-9-11-21;/h6-7,12-13,17,20H,1-5,8-11H2;1H/t17-;/m0./s1. The summed E-state index contributed by atoms with van der Waals surface area (Å²) >= 11 is 5.86. The molecule has 124 valence electrons. The molecule has 0 aromatic heterocycles. The summed E-state index contributed by atoms with van der Waals surface area (Å²) in [5.41, 5.74) is 1.10. The van der Waals surface area contributed by atoms with Gasteiger partial charge in [0.05, 0.1) is 5.02 Å². The summed E-state index contributed by atoms with van der Waals surface area (Å²) in [6.45, 7) is 4.15. The van der Waals surface area contributed by atoms with Crippen LogP contribution in [0.5, 0.6) is 0 Å². The van der Waals surface area contributed by atoms with E-state index in [0.29, 0.717) is 12.0 Å². The molecule has 1 aromatic rings. The fourth-order valence-corrected chi connectivity index (χ4v) is 4.01. The molecule has 1 N–H and O–H groups in total. The highest BCUT2D eigenvalue weighted by atomic mass is 35.5. The summed E-state index contributed by atoms with van der Waals surface area (Å²) in [7, 11) is 0. The van der Waals surface area contributed by atoms with E-state index in [4.69, 9.17) is 11.6 Å². The normalized spacial score (nSPS) is 22.1. The van der Waals surface area contributed by atoms with Gasteiger partial charge >= 0.3 is 0 Å². The topological polar surface area (TPSA) is 15.3 Å². The van der Waals surface area contributed by atoms with E-state index in [0.717, 1.165) is 31.7 Å². The third-order valence-electron chi connectivity index (χ3n) is 4.93. The first kappa shape index (κ1) is 18.0. The van der Waals surface area contributed by atoms with Gasteiger partial charge in [0.1, 0.15) is 5.82 Å². The molecule has 2 fully saturated rings. The van der Waals surface area contributed by atoms with Crippen molar-refractivity contribution in [3.8, 4) is 0 Å². The van der Waals surface area contributed by atoms with E-state index in [2.05, 4.69) is 10.2 Å². The molecule has 0 radical (unpaired) electrons. The van der Waals surface area contributed by atoms with Crippen molar-refractivity contribution in [2.45, 2.75) is 38.1 Å². The second-order valence-corrected chi connectivity index (χ2v) is 6.71. The molecule has 2 nitrogen and oxygen atoms in total. The van der Waals surface area contributed by atoms with Crippen molar-refractivity contribution in [1.29, 1.82) is 0 Å². The quantitative estimate of drug-likeness (QED) is 0.870. The van der Waals surface area contributed by atoms with Crippen LogP contribution >= 0.6 is 24.0 Å². The predicted molar refractivity (Wildman–Crippen MR) is 92.4 cm³/mol. The van der Waals surface area contributed by atoms with Crippen LogP contribution in [-0.4, -0.2) is 31.1 Å². The van der Waals surface area contributed by atoms with Crippen LogP contribution in [0.4, 0.5) is 4.39 Å². The molecule has 1 saturated heterocycles. The van der Waals surface area contributed by atoms with Gasteiger partial charge in [0.25, 0.3) is 0 Å². The number of nitrogens with zero attached hydrogens (tertiary/aromatic N) is 1. The molecule has 1 saturated carbocycles. The SMILES string of the molecule is Cl.Fc1cc([C@H](C2CCCCC2)N2CCNCC2)ccc1Cl. The first-order chi connectivity index (χ1) is 10.3. The highest BCUT2D eigenvalue weighted by molar-refractivity contribution is 6.30. The zero-order chi connectivity index (χ0) is 14.7. The number of piperazine rings is 1. The molecule has 1 heterocycles. The fourth-order valence-electron chi connectivity index (χ4n) is 3.89. The van der Waals surface area contributed by atoms with E-state index in [1.165, 1.54) is 32.1 Å². The van der Waals surface area contributed by atoms with Crippen LogP contribution in [0.2, 0.25) is 5.02 Å². The Balaban J connectivity index is 0.00000176. The molecule has 1 aliphatic carbocycles. The fraction of sp³-hybridized carbons (Fsp3) is 0.647. The van der Waals surface area contributed by atoms with Crippen molar-refractivity contribution < 1.29 is 4.39 Å². The second kappa shape index (κ2) is 8.49. The van der Waals surface area contributed by atoms with E-state index >= 15 is 0 Å². The zero-order valence-electron chi connectivity index (χ0n) is 12.9. The maximum atomic E-state index is 13.9. The summed E-state index contributed by atoms with van der Waals surface area (Å²) < 4.78 is 13.9. The molecule has 1 aliphatic heterocycles. The van der Waals surface area contributed by atoms with Crippen molar-refractivity contribution in [3.63, 3.8) is 0 Å². The minimum absolute atomic E-state index is 0. The van der Waals surface area contributed by atoms with Gasteiger partial charge in [-0.25, -0.2) is 4.39 Å². The van der Waals surface area contributed by atoms with Crippen LogP contribution < -0.4 is 5.32 Å². The Morgan fingerprint density at radius 1 is 1.14 bits per heavy atom. The van der Waals surface area contributed by atoms with Crippen molar-refractivity contribution in [3.05, 3.63) is 34.6 Å². The van der Waals surface area contributed by atoms with E-state index < -0.39 is 0 Å². The maximum absolute atomic E-state index is 13.9. The number of rotatable bonds is 3. The lowest BCUT2D eigenvalue weighted by molar-refractivity contribution is 0.103. The monoisotopic (exact) mass is 346 g/mol. The lowest BCUT2D eigenvalue weighted by atomic mass is 9.80. The number of hydrogen-bond acceptors (Lipinski definition) is 2. The second-order valence-electron chi connectivity index (χ2n) is 6.30. The third-order valence-corrected chi connectivity index (χ3v) is 5.23. The Morgan fingerprint density at radius 2 is 1.82 bits per heavy atom. The van der Waals surface area contributed by atoms with Crippen molar-refractivity contribution in [2.75, 3.05) is 26.2 Å². The summed E-state index contributed by atoms with van der Waals surface area (Å²) in [6.07, 6.45) is 6.49. The predicted octanol–water partition coefficient (Wildman–Crippen LogP) is 4.43. The van der Waals surface area contributed by atoms with Crippen LogP contribution in [0.3, 0.4) is 0 Å². The Morgan fingerprint density at radius 3 is 2.45 bits per heavy atom. The summed E-state index contributed by atoms with van der Waals surface area (Å²) in [4.78, 5) is 2.54. The number of nitrogens with one attached hydrogen (secondary N) is 1. The van der Waals surface area contributed by atoms with Gasteiger partial charge in [-0.3, -0.25) is 4.90 Å². The van der Waals surface area contributed by atoms with Crippen molar-refractivity contribution >= 4 is 24.0 Å². The summed E-state index contributed by atoms with van der Waals surface area (Å²) in [5.74, 6) is 0.363. The number of benzene rings is 1. The van der Waals surface area contributed by atoms with Gasteiger partial charge in [0.15, 0.2) is 0 Å². The Hall–Kier alpha value is -0.350. The maximum Gasteiger partial charge on any atom is 0.142 e. The molecule has 0 bridgehead atoms. The van der Waals surface area contributed by atoms with E-state index in [9.17, 15) is 4.39 Å². The molecule has 1 atom stereocenters. The van der Waals surface area contributed by atoms with Crippen LogP contribution in [0.1, 0.15) is 43.7 Å². The number of hydrogen-bond donors (Lipinski definition) is 1. The van der Waals surface area contributed by atoms with Gasteiger partial charge in [-0.05, 0) is 36.5 Å². The minimum Gasteiger partial charge on any atom is -0.314 e. The molecule has 0 amide bonds. The molecule has 1 aromatic carbocycles. The van der Waals surface area contributed by atoms with Gasteiger partial charge in [0.2, 0.25) is 0 Å². The lowest BCUT2D eigenvalue weighted by Gasteiger charge is -2.41. The molecule has 3 rings (SSSR count). The third kappa shape index (κ3) is 4.14. The largest absolute Gasteiger partial charge is 0.314 e. The highest BCUT2D eigenvalue weighted by Gasteiger charge is 2.31. The average Bonchev–Trinajstić information content (AvgIpc) is 2.53. The summed E-state index contributed by atoms with van der Waals surface area (Å²) in [5, 5.41) is 3.63. The van der Waals surface area contributed by atoms with Crippen LogP contribution in [0.15, 0.2) is 18.2 Å². The molecule has 22 heavy (non-hydrogen) atoms. The lowest BCUT2D eigenvalue weighted by Crippen LogP contribution is -2.47. The average molecular weight is 347 g/mol. The smallest absolute Gasteiger partial charge is 0.142 e. The first-order valence-corrected chi connectivity index (χ1v) is 8.53. The molecular formula is C17H25Cl2FN2. The highest BCUT2D eigenvalue weighted by Crippen LogP contribution is 2.39. The van der Waals surface area contributed by atoms with E-state index in [1.54, 1.807) is 12.1 Å². The first-order valence-electron chi connectivity index (χ1n) is 8.15. The van der Waals surface area contributed by atoms with Gasteiger partial charge in [-0.15, -0.1) is 12.4 Å². The van der Waals surface area contributed by atoms with Crippen molar-refractivity contribution in [1.82, 2.24) is 10.2 Å². The van der Waals surface area contributed by atoms with Crippen LogP contribution in [0, 0.1) is 11.7 Å². The van der Waals surface area contributed by atoms with E-state index in [-0.39, 0.29) is 23.2 Å². The Kier molecular flexibility index (Phi) is 6.94. The molecule has 2 aliphatic rings. The van der Waals surface area contributed by atoms with Gasteiger partial charge in [0, 0.05) is 32.2 Å². The molecule has 0 spiro atoms. The van der Waals surface area contributed by atoms with Gasteiger partial charge in [-0.1, -0.05) is 36.9 Å².